The van der Waals surface area contributed by atoms with E-state index >= 15 is 0 Å². The number of rotatable bonds is 9. The van der Waals surface area contributed by atoms with Gasteiger partial charge in [-0.3, -0.25) is 4.90 Å². The van der Waals surface area contributed by atoms with E-state index in [1.54, 1.807) is 6.92 Å². The van der Waals surface area contributed by atoms with Crippen LogP contribution in [0, 0.1) is 16.7 Å². The molecule has 142 valence electrons. The van der Waals surface area contributed by atoms with Crippen LogP contribution in [-0.2, 0) is 25.5 Å². The average molecular weight is 360 g/mol. The SMILES string of the molecule is CCOC(=O)C(OCOC)C1(CC#N)CCN(Cc2ccccc2)CC1. The van der Waals surface area contributed by atoms with Gasteiger partial charge in [-0.15, -0.1) is 0 Å². The van der Waals surface area contributed by atoms with Gasteiger partial charge in [0.1, 0.15) is 6.79 Å². The summed E-state index contributed by atoms with van der Waals surface area (Å²) in [4.78, 5) is 14.8. The van der Waals surface area contributed by atoms with Crippen molar-refractivity contribution < 1.29 is 19.0 Å². The van der Waals surface area contributed by atoms with Gasteiger partial charge in [-0.2, -0.15) is 5.26 Å². The van der Waals surface area contributed by atoms with Crippen molar-refractivity contribution >= 4 is 5.97 Å². The molecule has 0 N–H and O–H groups in total. The summed E-state index contributed by atoms with van der Waals surface area (Å²) in [5.41, 5.74) is 0.727. The number of nitrogens with zero attached hydrogens (tertiary/aromatic N) is 2. The highest BCUT2D eigenvalue weighted by Gasteiger charge is 2.46. The smallest absolute Gasteiger partial charge is 0.335 e. The number of benzene rings is 1. The molecule has 6 heteroatoms. The van der Waals surface area contributed by atoms with E-state index in [0.29, 0.717) is 12.8 Å². The molecule has 2 rings (SSSR count). The van der Waals surface area contributed by atoms with E-state index in [1.807, 2.05) is 18.2 Å². The van der Waals surface area contributed by atoms with Crippen LogP contribution in [0.2, 0.25) is 0 Å². The molecule has 0 aromatic heterocycles. The van der Waals surface area contributed by atoms with Gasteiger partial charge >= 0.3 is 5.97 Å². The highest BCUT2D eigenvalue weighted by atomic mass is 16.7. The van der Waals surface area contributed by atoms with Crippen molar-refractivity contribution in [3.63, 3.8) is 0 Å². The van der Waals surface area contributed by atoms with Crippen LogP contribution in [0.25, 0.3) is 0 Å². The highest BCUT2D eigenvalue weighted by molar-refractivity contribution is 5.76. The first kappa shape index (κ1) is 20.4. The third-order valence-corrected chi connectivity index (χ3v) is 4.94. The lowest BCUT2D eigenvalue weighted by atomic mass is 9.71. The monoisotopic (exact) mass is 360 g/mol. The molecular formula is C20H28N2O4. The van der Waals surface area contributed by atoms with Crippen LogP contribution in [-0.4, -0.2) is 50.6 Å². The molecule has 0 spiro atoms. The molecule has 0 bridgehead atoms. The van der Waals surface area contributed by atoms with E-state index in [0.717, 1.165) is 19.6 Å². The van der Waals surface area contributed by atoms with Crippen LogP contribution in [0.4, 0.5) is 0 Å². The molecule has 6 nitrogen and oxygen atoms in total. The van der Waals surface area contributed by atoms with Crippen LogP contribution in [0.3, 0.4) is 0 Å². The van der Waals surface area contributed by atoms with Crippen LogP contribution in [0.15, 0.2) is 30.3 Å². The first-order valence-corrected chi connectivity index (χ1v) is 9.05. The standard InChI is InChI=1S/C20H28N2O4/c1-3-25-19(23)18(26-16-24-2)20(9-12-21)10-13-22(14-11-20)15-17-7-5-4-6-8-17/h4-8,18H,3,9-11,13-16H2,1-2H3. The van der Waals surface area contributed by atoms with Crippen molar-refractivity contribution in [1.29, 1.82) is 5.26 Å². The largest absolute Gasteiger partial charge is 0.464 e. The number of piperidine rings is 1. The van der Waals surface area contributed by atoms with Crippen molar-refractivity contribution in [1.82, 2.24) is 4.90 Å². The van der Waals surface area contributed by atoms with E-state index in [9.17, 15) is 10.1 Å². The van der Waals surface area contributed by atoms with Crippen molar-refractivity contribution in [2.24, 2.45) is 5.41 Å². The molecule has 0 saturated carbocycles. The number of carbonyl (C=O) groups excluding carboxylic acids is 1. The molecule has 1 atom stereocenters. The molecule has 1 heterocycles. The topological polar surface area (TPSA) is 71.8 Å². The lowest BCUT2D eigenvalue weighted by Gasteiger charge is -2.43. The predicted molar refractivity (Wildman–Crippen MR) is 97.0 cm³/mol. The second-order valence-corrected chi connectivity index (χ2v) is 6.66. The molecular weight excluding hydrogens is 332 g/mol. The number of hydrogen-bond acceptors (Lipinski definition) is 6. The van der Waals surface area contributed by atoms with E-state index < -0.39 is 17.5 Å². The summed E-state index contributed by atoms with van der Waals surface area (Å²) < 4.78 is 15.9. The van der Waals surface area contributed by atoms with Gasteiger partial charge < -0.3 is 14.2 Å². The fourth-order valence-corrected chi connectivity index (χ4v) is 3.54. The van der Waals surface area contributed by atoms with E-state index in [4.69, 9.17) is 14.2 Å². The molecule has 1 saturated heterocycles. The third kappa shape index (κ3) is 5.28. The molecule has 1 fully saturated rings. The van der Waals surface area contributed by atoms with Crippen LogP contribution in [0.5, 0.6) is 0 Å². The van der Waals surface area contributed by atoms with E-state index in [2.05, 4.69) is 23.1 Å². The normalized spacial score (nSPS) is 18.0. The van der Waals surface area contributed by atoms with Crippen molar-refractivity contribution in [2.45, 2.75) is 38.8 Å². The van der Waals surface area contributed by atoms with Gasteiger partial charge in [0.15, 0.2) is 6.10 Å². The van der Waals surface area contributed by atoms with Crippen molar-refractivity contribution in [3.8, 4) is 6.07 Å². The Balaban J connectivity index is 2.08. The molecule has 26 heavy (non-hydrogen) atoms. The molecule has 0 amide bonds. The van der Waals surface area contributed by atoms with Gasteiger partial charge in [0, 0.05) is 25.5 Å². The molecule has 0 radical (unpaired) electrons. The number of nitriles is 1. The Morgan fingerprint density at radius 2 is 2.00 bits per heavy atom. The zero-order valence-corrected chi connectivity index (χ0v) is 15.6. The minimum atomic E-state index is -0.777. The number of ether oxygens (including phenoxy) is 3. The molecule has 1 aliphatic heterocycles. The fraction of sp³-hybridized carbons (Fsp3) is 0.600. The number of hydrogen-bond donors (Lipinski definition) is 0. The van der Waals surface area contributed by atoms with Gasteiger partial charge in [-0.05, 0) is 38.4 Å². The Morgan fingerprint density at radius 3 is 2.58 bits per heavy atom. The first-order chi connectivity index (χ1) is 12.6. The zero-order valence-electron chi connectivity index (χ0n) is 15.6. The number of methoxy groups -OCH3 is 1. The van der Waals surface area contributed by atoms with Gasteiger partial charge in [-0.25, -0.2) is 4.79 Å². The maximum atomic E-state index is 12.5. The maximum absolute atomic E-state index is 12.5. The van der Waals surface area contributed by atoms with Crippen LogP contribution < -0.4 is 0 Å². The van der Waals surface area contributed by atoms with E-state index in [-0.39, 0.29) is 19.8 Å². The summed E-state index contributed by atoms with van der Waals surface area (Å²) in [5.74, 6) is -0.406. The zero-order chi connectivity index (χ0) is 18.8. The lowest BCUT2D eigenvalue weighted by Crippen LogP contribution is -2.50. The first-order valence-electron chi connectivity index (χ1n) is 9.05. The Bertz CT molecular complexity index is 592. The molecule has 1 aliphatic rings. The summed E-state index contributed by atoms with van der Waals surface area (Å²) in [6.45, 7) is 4.54. The fourth-order valence-electron chi connectivity index (χ4n) is 3.54. The second-order valence-electron chi connectivity index (χ2n) is 6.66. The molecule has 1 aromatic rings. The summed E-state index contributed by atoms with van der Waals surface area (Å²) in [6.07, 6.45) is 0.904. The van der Waals surface area contributed by atoms with Gasteiger partial charge in [-0.1, -0.05) is 30.3 Å². The summed E-state index contributed by atoms with van der Waals surface area (Å²) in [6, 6.07) is 12.6. The lowest BCUT2D eigenvalue weighted by molar-refractivity contribution is -0.183. The third-order valence-electron chi connectivity index (χ3n) is 4.94. The molecule has 1 aromatic carbocycles. The average Bonchev–Trinajstić information content (AvgIpc) is 2.65. The Morgan fingerprint density at radius 1 is 1.31 bits per heavy atom. The number of likely N-dealkylation sites (tertiary alicyclic amines) is 1. The van der Waals surface area contributed by atoms with Gasteiger partial charge in [0.05, 0.1) is 12.7 Å². The van der Waals surface area contributed by atoms with Crippen molar-refractivity contribution in [3.05, 3.63) is 35.9 Å². The Labute approximate surface area is 155 Å². The van der Waals surface area contributed by atoms with Crippen LogP contribution in [0.1, 0.15) is 31.7 Å². The maximum Gasteiger partial charge on any atom is 0.335 e. The molecule has 1 unspecified atom stereocenters. The summed E-state index contributed by atoms with van der Waals surface area (Å²) in [7, 11) is 1.52. The summed E-state index contributed by atoms with van der Waals surface area (Å²) in [5, 5.41) is 9.37. The summed E-state index contributed by atoms with van der Waals surface area (Å²) >= 11 is 0. The van der Waals surface area contributed by atoms with Crippen molar-refractivity contribution in [2.75, 3.05) is 33.6 Å². The Kier molecular flexibility index (Phi) is 8.05. The number of carbonyl (C=O) groups is 1. The van der Waals surface area contributed by atoms with Gasteiger partial charge in [0.2, 0.25) is 0 Å². The molecule has 0 aliphatic carbocycles. The highest BCUT2D eigenvalue weighted by Crippen LogP contribution is 2.40. The van der Waals surface area contributed by atoms with Gasteiger partial charge in [0.25, 0.3) is 0 Å². The van der Waals surface area contributed by atoms with E-state index in [1.165, 1.54) is 12.7 Å². The quantitative estimate of drug-likeness (QED) is 0.498. The minimum absolute atomic E-state index is 0.00435. The second kappa shape index (κ2) is 10.3. The predicted octanol–water partition coefficient (Wildman–Crippen LogP) is 2.73. The Hall–Kier alpha value is -1.94. The number of esters is 1. The minimum Gasteiger partial charge on any atom is -0.464 e. The van der Waals surface area contributed by atoms with Crippen LogP contribution >= 0.6 is 0 Å².